The van der Waals surface area contributed by atoms with Gasteiger partial charge >= 0.3 is 0 Å². The molecule has 3 rings (SSSR count). The van der Waals surface area contributed by atoms with Crippen LogP contribution in [0.5, 0.6) is 0 Å². The van der Waals surface area contributed by atoms with Gasteiger partial charge in [0.05, 0.1) is 6.04 Å². The first kappa shape index (κ1) is 13.7. The highest BCUT2D eigenvalue weighted by atomic mass is 16.2. The fourth-order valence-corrected chi connectivity index (χ4v) is 2.88. The number of rotatable bonds is 2. The second-order valence-electron chi connectivity index (χ2n) is 5.42. The van der Waals surface area contributed by atoms with E-state index >= 15 is 0 Å². The molecule has 1 fully saturated rings. The van der Waals surface area contributed by atoms with Crippen molar-refractivity contribution in [1.82, 2.24) is 24.4 Å². The SMILES string of the molecule is Cc1nccc(C(=O)N2CCC[C@H](n3ccnc3C)C2)n1. The predicted molar refractivity (Wildman–Crippen MR) is 77.9 cm³/mol. The molecular formula is C15H19N5O. The van der Waals surface area contributed by atoms with E-state index in [1.54, 1.807) is 19.2 Å². The smallest absolute Gasteiger partial charge is 0.272 e. The van der Waals surface area contributed by atoms with Crippen LogP contribution in [0.2, 0.25) is 0 Å². The van der Waals surface area contributed by atoms with Gasteiger partial charge in [0.25, 0.3) is 5.91 Å². The molecule has 0 aromatic carbocycles. The van der Waals surface area contributed by atoms with E-state index < -0.39 is 0 Å². The summed E-state index contributed by atoms with van der Waals surface area (Å²) in [5.74, 6) is 1.61. The molecular weight excluding hydrogens is 266 g/mol. The zero-order valence-electron chi connectivity index (χ0n) is 12.4. The first-order valence-electron chi connectivity index (χ1n) is 7.23. The molecule has 21 heavy (non-hydrogen) atoms. The third-order valence-electron chi connectivity index (χ3n) is 3.93. The minimum Gasteiger partial charge on any atom is -0.335 e. The number of imidazole rings is 1. The van der Waals surface area contributed by atoms with E-state index in [0.29, 0.717) is 24.1 Å². The number of carbonyl (C=O) groups is 1. The van der Waals surface area contributed by atoms with Crippen molar-refractivity contribution in [2.45, 2.75) is 32.7 Å². The van der Waals surface area contributed by atoms with Crippen molar-refractivity contribution in [2.75, 3.05) is 13.1 Å². The van der Waals surface area contributed by atoms with Gasteiger partial charge in [0.15, 0.2) is 0 Å². The molecule has 0 N–H and O–H groups in total. The summed E-state index contributed by atoms with van der Waals surface area (Å²) in [5.41, 5.74) is 0.477. The predicted octanol–water partition coefficient (Wildman–Crippen LogP) is 1.77. The van der Waals surface area contributed by atoms with E-state index in [2.05, 4.69) is 19.5 Å². The fraction of sp³-hybridized carbons (Fsp3) is 0.467. The first-order valence-corrected chi connectivity index (χ1v) is 7.23. The molecule has 0 radical (unpaired) electrons. The van der Waals surface area contributed by atoms with Gasteiger partial charge in [0, 0.05) is 31.7 Å². The Hall–Kier alpha value is -2.24. The maximum Gasteiger partial charge on any atom is 0.272 e. The van der Waals surface area contributed by atoms with Gasteiger partial charge in [-0.15, -0.1) is 0 Å². The Morgan fingerprint density at radius 3 is 2.86 bits per heavy atom. The van der Waals surface area contributed by atoms with Gasteiger partial charge in [0.2, 0.25) is 0 Å². The summed E-state index contributed by atoms with van der Waals surface area (Å²) in [7, 11) is 0. The average Bonchev–Trinajstić information content (AvgIpc) is 2.93. The quantitative estimate of drug-likeness (QED) is 0.843. The molecule has 1 amide bonds. The fourth-order valence-electron chi connectivity index (χ4n) is 2.88. The standard InChI is InChI=1S/C15H19N5O/c1-11-16-6-5-14(18-11)15(21)19-8-3-4-13(10-19)20-9-7-17-12(20)2/h5-7,9,13H,3-4,8,10H2,1-2H3/t13-/m0/s1. The third kappa shape index (κ3) is 2.79. The van der Waals surface area contributed by atoms with Crippen molar-refractivity contribution in [3.05, 3.63) is 42.0 Å². The van der Waals surface area contributed by atoms with Crippen LogP contribution < -0.4 is 0 Å². The van der Waals surface area contributed by atoms with Crippen LogP contribution in [-0.4, -0.2) is 43.4 Å². The van der Waals surface area contributed by atoms with Gasteiger partial charge in [-0.3, -0.25) is 4.79 Å². The Kier molecular flexibility index (Phi) is 3.68. The molecule has 2 aromatic rings. The average molecular weight is 285 g/mol. The first-order chi connectivity index (χ1) is 10.1. The summed E-state index contributed by atoms with van der Waals surface area (Å²) in [6.45, 7) is 5.28. The van der Waals surface area contributed by atoms with Gasteiger partial charge < -0.3 is 9.47 Å². The van der Waals surface area contributed by atoms with Gasteiger partial charge in [0.1, 0.15) is 17.3 Å². The van der Waals surface area contributed by atoms with Gasteiger partial charge in [-0.1, -0.05) is 0 Å². The lowest BCUT2D eigenvalue weighted by molar-refractivity contribution is 0.0672. The summed E-state index contributed by atoms with van der Waals surface area (Å²) < 4.78 is 2.16. The minimum absolute atomic E-state index is 0.0111. The van der Waals surface area contributed by atoms with Crippen LogP contribution in [0.25, 0.3) is 0 Å². The summed E-state index contributed by atoms with van der Waals surface area (Å²) in [6, 6.07) is 1.98. The van der Waals surface area contributed by atoms with Gasteiger partial charge in [-0.05, 0) is 32.8 Å². The largest absolute Gasteiger partial charge is 0.335 e. The van der Waals surface area contributed by atoms with Crippen LogP contribution in [-0.2, 0) is 0 Å². The normalized spacial score (nSPS) is 18.8. The Morgan fingerprint density at radius 2 is 2.14 bits per heavy atom. The van der Waals surface area contributed by atoms with Crippen LogP contribution in [0.3, 0.4) is 0 Å². The van der Waals surface area contributed by atoms with Gasteiger partial charge in [-0.25, -0.2) is 15.0 Å². The molecule has 1 aliphatic heterocycles. The number of nitrogens with zero attached hydrogens (tertiary/aromatic N) is 5. The van der Waals surface area contributed by atoms with Crippen LogP contribution in [0.4, 0.5) is 0 Å². The number of hydrogen-bond donors (Lipinski definition) is 0. The van der Waals surface area contributed by atoms with Crippen molar-refractivity contribution in [1.29, 1.82) is 0 Å². The summed E-state index contributed by atoms with van der Waals surface area (Å²) in [5, 5.41) is 0. The number of piperidine rings is 1. The summed E-state index contributed by atoms with van der Waals surface area (Å²) >= 11 is 0. The number of hydrogen-bond acceptors (Lipinski definition) is 4. The molecule has 3 heterocycles. The number of likely N-dealkylation sites (tertiary alicyclic amines) is 1. The highest BCUT2D eigenvalue weighted by molar-refractivity contribution is 5.92. The van der Waals surface area contributed by atoms with Crippen LogP contribution in [0.1, 0.15) is 41.0 Å². The van der Waals surface area contributed by atoms with E-state index in [1.165, 1.54) is 0 Å². The molecule has 2 aromatic heterocycles. The van der Waals surface area contributed by atoms with E-state index in [4.69, 9.17) is 0 Å². The highest BCUT2D eigenvalue weighted by Gasteiger charge is 2.26. The maximum absolute atomic E-state index is 12.6. The molecule has 0 unspecified atom stereocenters. The monoisotopic (exact) mass is 285 g/mol. The zero-order valence-corrected chi connectivity index (χ0v) is 12.4. The number of aromatic nitrogens is 4. The molecule has 1 aliphatic rings. The third-order valence-corrected chi connectivity index (χ3v) is 3.93. The van der Waals surface area contributed by atoms with E-state index in [1.807, 2.05) is 24.2 Å². The molecule has 0 aliphatic carbocycles. The summed E-state index contributed by atoms with van der Waals surface area (Å²) in [6.07, 6.45) is 7.51. The molecule has 6 heteroatoms. The second-order valence-corrected chi connectivity index (χ2v) is 5.42. The van der Waals surface area contributed by atoms with Gasteiger partial charge in [-0.2, -0.15) is 0 Å². The van der Waals surface area contributed by atoms with E-state index in [9.17, 15) is 4.79 Å². The Morgan fingerprint density at radius 1 is 1.29 bits per heavy atom. The lowest BCUT2D eigenvalue weighted by atomic mass is 10.0. The molecule has 0 saturated carbocycles. The maximum atomic E-state index is 12.6. The zero-order chi connectivity index (χ0) is 14.8. The topological polar surface area (TPSA) is 63.9 Å². The van der Waals surface area contributed by atoms with E-state index in [-0.39, 0.29) is 5.91 Å². The van der Waals surface area contributed by atoms with E-state index in [0.717, 1.165) is 25.2 Å². The minimum atomic E-state index is -0.0111. The van der Waals surface area contributed by atoms with Crippen LogP contribution in [0, 0.1) is 13.8 Å². The Balaban J connectivity index is 1.77. The molecule has 0 bridgehead atoms. The van der Waals surface area contributed by atoms with Crippen molar-refractivity contribution in [2.24, 2.45) is 0 Å². The van der Waals surface area contributed by atoms with Crippen molar-refractivity contribution in [3.63, 3.8) is 0 Å². The van der Waals surface area contributed by atoms with Crippen molar-refractivity contribution >= 4 is 5.91 Å². The number of carbonyl (C=O) groups excluding carboxylic acids is 1. The Labute approximate surface area is 123 Å². The molecule has 1 saturated heterocycles. The number of aryl methyl sites for hydroxylation is 2. The highest BCUT2D eigenvalue weighted by Crippen LogP contribution is 2.23. The molecule has 6 nitrogen and oxygen atoms in total. The Bertz CT molecular complexity index is 651. The van der Waals surface area contributed by atoms with Crippen molar-refractivity contribution < 1.29 is 4.79 Å². The van der Waals surface area contributed by atoms with Crippen LogP contribution >= 0.6 is 0 Å². The number of amides is 1. The van der Waals surface area contributed by atoms with Crippen LogP contribution in [0.15, 0.2) is 24.7 Å². The van der Waals surface area contributed by atoms with Crippen molar-refractivity contribution in [3.8, 4) is 0 Å². The molecule has 1 atom stereocenters. The second kappa shape index (κ2) is 5.63. The lowest BCUT2D eigenvalue weighted by Crippen LogP contribution is -2.41. The molecule has 0 spiro atoms. The summed E-state index contributed by atoms with van der Waals surface area (Å²) in [4.78, 5) is 27.0. The molecule has 110 valence electrons. The lowest BCUT2D eigenvalue weighted by Gasteiger charge is -2.33.